The molecular formula is C29H19NO4. The van der Waals surface area contributed by atoms with Gasteiger partial charge in [-0.15, -0.1) is 0 Å². The van der Waals surface area contributed by atoms with Crippen molar-refractivity contribution >= 4 is 22.8 Å². The maximum Gasteiger partial charge on any atom is 0.343 e. The summed E-state index contributed by atoms with van der Waals surface area (Å²) >= 11 is 0. The number of aromatic nitrogens is 1. The smallest absolute Gasteiger partial charge is 0.343 e. The Kier molecular flexibility index (Phi) is 5.58. The maximum absolute atomic E-state index is 13.9. The van der Waals surface area contributed by atoms with Gasteiger partial charge in [-0.2, -0.15) is 0 Å². The second-order valence-corrected chi connectivity index (χ2v) is 7.65. The van der Waals surface area contributed by atoms with Crippen LogP contribution in [0.3, 0.4) is 0 Å². The van der Waals surface area contributed by atoms with Gasteiger partial charge in [0, 0.05) is 10.9 Å². The predicted octanol–water partition coefficient (Wildman–Crippen LogP) is 5.58. The number of fused-ring (bicyclic) bond motifs is 1. The van der Waals surface area contributed by atoms with Gasteiger partial charge in [0.2, 0.25) is 0 Å². The fourth-order valence-corrected chi connectivity index (χ4v) is 3.92. The number of pyridine rings is 1. The van der Waals surface area contributed by atoms with Crippen molar-refractivity contribution in [3.05, 3.63) is 137 Å². The zero-order chi connectivity index (χ0) is 23.5. The van der Waals surface area contributed by atoms with E-state index in [1.807, 2.05) is 6.07 Å². The lowest BCUT2D eigenvalue weighted by atomic mass is 10.0. The molecule has 0 spiro atoms. The molecule has 34 heavy (non-hydrogen) atoms. The van der Waals surface area contributed by atoms with Gasteiger partial charge in [-0.3, -0.25) is 9.59 Å². The van der Waals surface area contributed by atoms with E-state index in [2.05, 4.69) is 0 Å². The topological polar surface area (TPSA) is 65.4 Å². The zero-order valence-corrected chi connectivity index (χ0v) is 18.0. The number of carbonyl (C=O) groups excluding carboxylic acids is 2. The summed E-state index contributed by atoms with van der Waals surface area (Å²) in [5.74, 6) is -0.924. The van der Waals surface area contributed by atoms with Gasteiger partial charge >= 0.3 is 5.97 Å². The minimum Gasteiger partial charge on any atom is -0.421 e. The first-order valence-corrected chi connectivity index (χ1v) is 10.8. The average molecular weight is 445 g/mol. The van der Waals surface area contributed by atoms with E-state index in [0.29, 0.717) is 27.6 Å². The quantitative estimate of drug-likeness (QED) is 0.339. The second-order valence-electron chi connectivity index (χ2n) is 7.65. The number of carbonyl (C=O) groups is 2. The van der Waals surface area contributed by atoms with Crippen LogP contribution in [-0.2, 0) is 0 Å². The molecule has 0 amide bonds. The first-order chi connectivity index (χ1) is 16.6. The van der Waals surface area contributed by atoms with Crippen molar-refractivity contribution in [2.45, 2.75) is 0 Å². The van der Waals surface area contributed by atoms with E-state index < -0.39 is 17.4 Å². The third-order valence-electron chi connectivity index (χ3n) is 5.52. The summed E-state index contributed by atoms with van der Waals surface area (Å²) in [6, 6.07) is 33.0. The number of esters is 1. The highest BCUT2D eigenvalue weighted by Gasteiger charge is 2.25. The van der Waals surface area contributed by atoms with Crippen LogP contribution in [0.4, 0.5) is 0 Å². The Morgan fingerprint density at radius 3 is 1.79 bits per heavy atom. The lowest BCUT2D eigenvalue weighted by Gasteiger charge is -2.17. The average Bonchev–Trinajstić information content (AvgIpc) is 2.90. The number of ether oxygens (including phenoxy) is 1. The van der Waals surface area contributed by atoms with E-state index >= 15 is 0 Å². The molecule has 1 aromatic heterocycles. The number of nitrogens with zero attached hydrogens (tertiary/aromatic N) is 1. The number of hydrogen-bond acceptors (Lipinski definition) is 4. The van der Waals surface area contributed by atoms with Gasteiger partial charge in [0.25, 0.3) is 11.5 Å². The van der Waals surface area contributed by atoms with Gasteiger partial charge in [0.05, 0.1) is 16.6 Å². The van der Waals surface area contributed by atoms with Gasteiger partial charge in [-0.25, -0.2) is 9.36 Å². The largest absolute Gasteiger partial charge is 0.421 e. The number of hydrogen-bond donors (Lipinski definition) is 0. The molecule has 5 rings (SSSR count). The SMILES string of the molecule is O=C(Oc1c(-c2ccccc2)c(=O)n(C(=O)c2ccccc2)c2ccccc12)c1ccccc1. The second kappa shape index (κ2) is 9.00. The van der Waals surface area contributed by atoms with Crippen LogP contribution in [0.2, 0.25) is 0 Å². The highest BCUT2D eigenvalue weighted by molar-refractivity contribution is 6.05. The molecule has 5 heteroatoms. The fraction of sp³-hybridized carbons (Fsp3) is 0. The summed E-state index contributed by atoms with van der Waals surface area (Å²) in [4.78, 5) is 40.4. The number of para-hydroxylation sites is 1. The number of rotatable bonds is 4. The molecule has 0 saturated heterocycles. The molecule has 5 nitrogen and oxygen atoms in total. The van der Waals surface area contributed by atoms with Crippen molar-refractivity contribution in [1.82, 2.24) is 4.57 Å². The Morgan fingerprint density at radius 1 is 0.618 bits per heavy atom. The van der Waals surface area contributed by atoms with Crippen molar-refractivity contribution in [3.8, 4) is 16.9 Å². The van der Waals surface area contributed by atoms with Gasteiger partial charge in [0.15, 0.2) is 5.75 Å². The van der Waals surface area contributed by atoms with Gasteiger partial charge in [-0.1, -0.05) is 78.9 Å². The normalized spacial score (nSPS) is 10.7. The van der Waals surface area contributed by atoms with Crippen molar-refractivity contribution in [2.75, 3.05) is 0 Å². The molecule has 0 bridgehead atoms. The molecule has 0 fully saturated rings. The van der Waals surface area contributed by atoms with Crippen LogP contribution in [0.1, 0.15) is 20.7 Å². The van der Waals surface area contributed by atoms with Crippen LogP contribution in [0.15, 0.2) is 120 Å². The minimum absolute atomic E-state index is 0.123. The van der Waals surface area contributed by atoms with E-state index in [1.165, 1.54) is 0 Å². The van der Waals surface area contributed by atoms with E-state index in [9.17, 15) is 14.4 Å². The van der Waals surface area contributed by atoms with E-state index in [4.69, 9.17) is 4.74 Å². The molecular weight excluding hydrogens is 426 g/mol. The maximum atomic E-state index is 13.9. The van der Waals surface area contributed by atoms with Crippen molar-refractivity contribution in [2.24, 2.45) is 0 Å². The van der Waals surface area contributed by atoms with Crippen molar-refractivity contribution in [1.29, 1.82) is 0 Å². The highest BCUT2D eigenvalue weighted by Crippen LogP contribution is 2.35. The Morgan fingerprint density at radius 2 is 1.15 bits per heavy atom. The summed E-state index contributed by atoms with van der Waals surface area (Å²) in [6.07, 6.45) is 0. The molecule has 0 saturated carbocycles. The predicted molar refractivity (Wildman–Crippen MR) is 131 cm³/mol. The fourth-order valence-electron chi connectivity index (χ4n) is 3.92. The van der Waals surface area contributed by atoms with E-state index in [-0.39, 0.29) is 11.3 Å². The van der Waals surface area contributed by atoms with Crippen LogP contribution in [-0.4, -0.2) is 16.4 Å². The first-order valence-electron chi connectivity index (χ1n) is 10.8. The van der Waals surface area contributed by atoms with Crippen LogP contribution in [0.5, 0.6) is 5.75 Å². The molecule has 0 N–H and O–H groups in total. The molecule has 0 unspecified atom stereocenters. The molecule has 0 aliphatic carbocycles. The van der Waals surface area contributed by atoms with Crippen LogP contribution >= 0.6 is 0 Å². The molecule has 164 valence electrons. The van der Waals surface area contributed by atoms with E-state index in [1.54, 1.807) is 109 Å². The molecule has 1 heterocycles. The first kappa shape index (κ1) is 21.1. The molecule has 0 atom stereocenters. The Balaban J connectivity index is 1.81. The van der Waals surface area contributed by atoms with E-state index in [0.717, 1.165) is 4.57 Å². The third kappa shape index (κ3) is 3.80. The van der Waals surface area contributed by atoms with Crippen molar-refractivity contribution < 1.29 is 14.3 Å². The van der Waals surface area contributed by atoms with Gasteiger partial charge < -0.3 is 4.74 Å². The molecule has 4 aromatic carbocycles. The molecule has 0 aliphatic heterocycles. The lowest BCUT2D eigenvalue weighted by Crippen LogP contribution is -2.30. The Hall–Kier alpha value is -4.77. The standard InChI is InChI=1S/C29H19NO4/c31-27(21-14-6-2-7-15-21)30-24-19-11-10-18-23(24)26(34-29(33)22-16-8-3-9-17-22)25(28(30)32)20-12-4-1-5-13-20/h1-19H. The summed E-state index contributed by atoms with van der Waals surface area (Å²) in [5.41, 5.74) is 1.22. The van der Waals surface area contributed by atoms with Crippen molar-refractivity contribution in [3.63, 3.8) is 0 Å². The molecule has 5 aromatic rings. The molecule has 0 radical (unpaired) electrons. The zero-order valence-electron chi connectivity index (χ0n) is 18.0. The van der Waals surface area contributed by atoms with Crippen LogP contribution in [0, 0.1) is 0 Å². The highest BCUT2D eigenvalue weighted by atomic mass is 16.5. The van der Waals surface area contributed by atoms with Gasteiger partial charge in [0.1, 0.15) is 0 Å². The van der Waals surface area contributed by atoms with Gasteiger partial charge in [-0.05, 0) is 42.0 Å². The summed E-state index contributed by atoms with van der Waals surface area (Å²) < 4.78 is 7.00. The van der Waals surface area contributed by atoms with Crippen LogP contribution in [0.25, 0.3) is 22.0 Å². The number of benzene rings is 4. The lowest BCUT2D eigenvalue weighted by molar-refractivity contribution is 0.0737. The summed E-state index contributed by atoms with van der Waals surface area (Å²) in [5, 5.41) is 0.481. The third-order valence-corrected chi connectivity index (χ3v) is 5.52. The molecule has 0 aliphatic rings. The minimum atomic E-state index is -0.588. The monoisotopic (exact) mass is 445 g/mol. The Bertz CT molecular complexity index is 1560. The van der Waals surface area contributed by atoms with Crippen LogP contribution < -0.4 is 10.3 Å². The summed E-state index contributed by atoms with van der Waals surface area (Å²) in [7, 11) is 0. The Labute approximate surface area is 195 Å². The summed E-state index contributed by atoms with van der Waals surface area (Å²) in [6.45, 7) is 0.